The van der Waals surface area contributed by atoms with E-state index in [0.717, 1.165) is 22.6 Å². The number of thiocarbonyl (C=S) groups is 1. The number of methoxy groups -OCH3 is 1. The lowest BCUT2D eigenvalue weighted by atomic mass is 10.1. The fourth-order valence-electron chi connectivity index (χ4n) is 3.22. The van der Waals surface area contributed by atoms with Gasteiger partial charge in [-0.1, -0.05) is 36.4 Å². The molecule has 0 fully saturated rings. The van der Waals surface area contributed by atoms with Gasteiger partial charge in [0.1, 0.15) is 5.00 Å². The van der Waals surface area contributed by atoms with Crippen molar-refractivity contribution in [2.45, 2.75) is 26.8 Å². The van der Waals surface area contributed by atoms with E-state index < -0.39 is 5.97 Å². The lowest BCUT2D eigenvalue weighted by molar-refractivity contribution is 0.0602. The van der Waals surface area contributed by atoms with Gasteiger partial charge in [-0.05, 0) is 55.4 Å². The molecule has 0 unspecified atom stereocenters. The van der Waals surface area contributed by atoms with Gasteiger partial charge in [-0.3, -0.25) is 0 Å². The number of carbonyl (C=O) groups is 1. The zero-order valence-corrected chi connectivity index (χ0v) is 20.6. The molecule has 0 spiro atoms. The highest BCUT2D eigenvalue weighted by Gasteiger charge is 2.18. The first kappa shape index (κ1) is 24.5. The Morgan fingerprint density at radius 2 is 1.70 bits per heavy atom. The van der Waals surface area contributed by atoms with Crippen molar-refractivity contribution in [3.05, 3.63) is 76.2 Å². The predicted molar refractivity (Wildman–Crippen MR) is 137 cm³/mol. The molecule has 0 saturated heterocycles. The Hall–Kier alpha value is -3.10. The minimum absolute atomic E-state index is 0.399. The third-order valence-electron chi connectivity index (χ3n) is 4.70. The van der Waals surface area contributed by atoms with Crippen LogP contribution in [-0.2, 0) is 17.7 Å². The second-order valence-electron chi connectivity index (χ2n) is 7.06. The highest BCUT2D eigenvalue weighted by atomic mass is 32.1. The van der Waals surface area contributed by atoms with Gasteiger partial charge in [0, 0.05) is 17.8 Å². The SMILES string of the molecule is CCOc1ccc(CNC(=S)Nc2sc(Cc3ccccc3)cc2C(=O)OC)cc1OCC. The molecule has 0 aliphatic rings. The van der Waals surface area contributed by atoms with Crippen molar-refractivity contribution in [3.8, 4) is 11.5 Å². The van der Waals surface area contributed by atoms with Gasteiger partial charge in [-0.15, -0.1) is 11.3 Å². The number of benzene rings is 2. The molecule has 8 heteroatoms. The van der Waals surface area contributed by atoms with Crippen molar-refractivity contribution in [2.24, 2.45) is 0 Å². The van der Waals surface area contributed by atoms with Gasteiger partial charge in [0.25, 0.3) is 0 Å². The smallest absolute Gasteiger partial charge is 0.340 e. The topological polar surface area (TPSA) is 68.8 Å². The molecule has 0 atom stereocenters. The maximum Gasteiger partial charge on any atom is 0.340 e. The zero-order chi connectivity index (χ0) is 23.6. The largest absolute Gasteiger partial charge is 0.490 e. The molecule has 2 N–H and O–H groups in total. The summed E-state index contributed by atoms with van der Waals surface area (Å²) in [6.07, 6.45) is 0.726. The van der Waals surface area contributed by atoms with Crippen LogP contribution >= 0.6 is 23.6 Å². The number of anilines is 1. The molecule has 33 heavy (non-hydrogen) atoms. The molecular formula is C25H28N2O4S2. The van der Waals surface area contributed by atoms with Gasteiger partial charge >= 0.3 is 5.97 Å². The van der Waals surface area contributed by atoms with Crippen molar-refractivity contribution >= 4 is 39.6 Å². The highest BCUT2D eigenvalue weighted by molar-refractivity contribution is 7.80. The fraction of sp³-hybridized carbons (Fsp3) is 0.280. The normalized spacial score (nSPS) is 10.4. The molecule has 6 nitrogen and oxygen atoms in total. The number of hydrogen-bond acceptors (Lipinski definition) is 6. The van der Waals surface area contributed by atoms with Crippen LogP contribution in [0.4, 0.5) is 5.00 Å². The van der Waals surface area contributed by atoms with Crippen molar-refractivity contribution in [1.82, 2.24) is 5.32 Å². The quantitative estimate of drug-likeness (QED) is 0.295. The first-order valence-electron chi connectivity index (χ1n) is 10.7. The molecule has 1 heterocycles. The maximum atomic E-state index is 12.3. The van der Waals surface area contributed by atoms with Crippen LogP contribution in [-0.4, -0.2) is 31.4 Å². The van der Waals surface area contributed by atoms with Crippen LogP contribution < -0.4 is 20.1 Å². The Morgan fingerprint density at radius 3 is 2.39 bits per heavy atom. The van der Waals surface area contributed by atoms with Crippen LogP contribution in [0.5, 0.6) is 11.5 Å². The zero-order valence-electron chi connectivity index (χ0n) is 19.0. The van der Waals surface area contributed by atoms with E-state index in [0.29, 0.717) is 41.2 Å². The van der Waals surface area contributed by atoms with E-state index in [9.17, 15) is 4.79 Å². The average molecular weight is 485 g/mol. The van der Waals surface area contributed by atoms with Crippen LogP contribution in [0.25, 0.3) is 0 Å². The first-order valence-corrected chi connectivity index (χ1v) is 11.9. The molecule has 0 radical (unpaired) electrons. The van der Waals surface area contributed by atoms with Gasteiger partial charge in [0.15, 0.2) is 16.6 Å². The molecule has 2 aromatic carbocycles. The molecular weight excluding hydrogens is 456 g/mol. The van der Waals surface area contributed by atoms with Gasteiger partial charge < -0.3 is 24.8 Å². The number of hydrogen-bond donors (Lipinski definition) is 2. The Bertz CT molecular complexity index is 1080. The van der Waals surface area contributed by atoms with E-state index in [-0.39, 0.29) is 0 Å². The van der Waals surface area contributed by atoms with Crippen LogP contribution in [0.3, 0.4) is 0 Å². The third-order valence-corrected chi connectivity index (χ3v) is 5.99. The van der Waals surface area contributed by atoms with Crippen molar-refractivity contribution < 1.29 is 19.0 Å². The van der Waals surface area contributed by atoms with Crippen molar-refractivity contribution in [2.75, 3.05) is 25.6 Å². The summed E-state index contributed by atoms with van der Waals surface area (Å²) in [4.78, 5) is 13.3. The Labute approximate surface area is 203 Å². The summed E-state index contributed by atoms with van der Waals surface area (Å²) in [5.41, 5.74) is 2.63. The monoisotopic (exact) mass is 484 g/mol. The van der Waals surface area contributed by atoms with Gasteiger partial charge in [0.05, 0.1) is 25.9 Å². The molecule has 0 amide bonds. The lowest BCUT2D eigenvalue weighted by Gasteiger charge is -2.14. The van der Waals surface area contributed by atoms with Crippen LogP contribution in [0.2, 0.25) is 0 Å². The van der Waals surface area contributed by atoms with Gasteiger partial charge in [-0.25, -0.2) is 4.79 Å². The summed E-state index contributed by atoms with van der Waals surface area (Å²) in [5.74, 6) is 1.02. The molecule has 174 valence electrons. The number of rotatable bonds is 10. The molecule has 0 aliphatic heterocycles. The summed E-state index contributed by atoms with van der Waals surface area (Å²) >= 11 is 6.97. The summed E-state index contributed by atoms with van der Waals surface area (Å²) in [6, 6.07) is 17.8. The first-order chi connectivity index (χ1) is 16.0. The number of carbonyl (C=O) groups excluding carboxylic acids is 1. The third kappa shape index (κ3) is 6.94. The molecule has 0 saturated carbocycles. The molecule has 1 aromatic heterocycles. The van der Waals surface area contributed by atoms with Gasteiger partial charge in [0.2, 0.25) is 0 Å². The summed E-state index contributed by atoms with van der Waals surface area (Å²) < 4.78 is 16.3. The Morgan fingerprint density at radius 1 is 0.970 bits per heavy atom. The number of esters is 1. The van der Waals surface area contributed by atoms with Crippen LogP contribution in [0, 0.1) is 0 Å². The van der Waals surface area contributed by atoms with Crippen LogP contribution in [0.1, 0.15) is 40.2 Å². The van der Waals surface area contributed by atoms with E-state index in [1.165, 1.54) is 24.0 Å². The van der Waals surface area contributed by atoms with E-state index in [1.807, 2.05) is 56.3 Å². The van der Waals surface area contributed by atoms with E-state index in [2.05, 4.69) is 22.8 Å². The average Bonchev–Trinajstić information content (AvgIpc) is 3.21. The predicted octanol–water partition coefficient (Wildman–Crippen LogP) is 5.41. The lowest BCUT2D eigenvalue weighted by Crippen LogP contribution is -2.28. The summed E-state index contributed by atoms with van der Waals surface area (Å²) in [6.45, 7) is 5.49. The molecule has 0 bridgehead atoms. The second kappa shape index (κ2) is 12.2. The van der Waals surface area contributed by atoms with Gasteiger partial charge in [-0.2, -0.15) is 0 Å². The molecule has 3 rings (SSSR count). The van der Waals surface area contributed by atoms with Crippen molar-refractivity contribution in [1.29, 1.82) is 0 Å². The summed E-state index contributed by atoms with van der Waals surface area (Å²) in [5, 5.41) is 7.42. The molecule has 3 aromatic rings. The number of ether oxygens (including phenoxy) is 3. The van der Waals surface area contributed by atoms with E-state index in [4.69, 9.17) is 26.4 Å². The van der Waals surface area contributed by atoms with E-state index in [1.54, 1.807) is 0 Å². The van der Waals surface area contributed by atoms with Crippen LogP contribution in [0.15, 0.2) is 54.6 Å². The minimum Gasteiger partial charge on any atom is -0.490 e. The molecule has 0 aliphatic carbocycles. The standard InChI is InChI=1S/C25H28N2O4S2/c1-4-30-21-12-11-18(14-22(21)31-5-2)16-26-25(32)27-23-20(24(28)29-3)15-19(33-23)13-17-9-7-6-8-10-17/h6-12,14-15H,4-5,13,16H2,1-3H3,(H2,26,27,32). The van der Waals surface area contributed by atoms with E-state index >= 15 is 0 Å². The maximum absolute atomic E-state index is 12.3. The number of thiophene rings is 1. The number of nitrogens with one attached hydrogen (secondary N) is 2. The Kier molecular flexibility index (Phi) is 9.09. The minimum atomic E-state index is -0.399. The summed E-state index contributed by atoms with van der Waals surface area (Å²) in [7, 11) is 1.37. The fourth-order valence-corrected chi connectivity index (χ4v) is 4.54. The van der Waals surface area contributed by atoms with Crippen molar-refractivity contribution in [3.63, 3.8) is 0 Å². The second-order valence-corrected chi connectivity index (χ2v) is 8.61. The Balaban J connectivity index is 1.68. The highest BCUT2D eigenvalue weighted by Crippen LogP contribution is 2.31.